The van der Waals surface area contributed by atoms with Crippen molar-refractivity contribution in [3.8, 4) is 11.5 Å². The quantitative estimate of drug-likeness (QED) is 0.218. The molecule has 3 aromatic carbocycles. The maximum Gasteiger partial charge on any atom is 0.343 e. The Bertz CT molecular complexity index is 1250. The largest absolute Gasteiger partial charge is 0.508 e. The van der Waals surface area contributed by atoms with Gasteiger partial charge in [0, 0.05) is 0 Å². The Morgan fingerprint density at radius 1 is 0.725 bits per heavy atom. The number of aromatic hydroxyl groups is 1. The van der Waals surface area contributed by atoms with Crippen molar-refractivity contribution in [1.29, 1.82) is 0 Å². The predicted octanol–water partition coefficient (Wildman–Crippen LogP) is 10.4. The Morgan fingerprint density at radius 2 is 1.25 bits per heavy atom. The highest BCUT2D eigenvalue weighted by atomic mass is 16.5. The zero-order valence-electron chi connectivity index (χ0n) is 24.4. The van der Waals surface area contributed by atoms with Crippen molar-refractivity contribution in [1.82, 2.24) is 0 Å². The number of ether oxygens (including phenoxy) is 1. The molecule has 2 aliphatic carbocycles. The molecule has 0 unspecified atom stereocenters. The molecule has 212 valence electrons. The average Bonchev–Trinajstić information content (AvgIpc) is 3.02. The first-order valence-electron chi connectivity index (χ1n) is 15.8. The summed E-state index contributed by atoms with van der Waals surface area (Å²) >= 11 is 0. The molecule has 3 nitrogen and oxygen atoms in total. The van der Waals surface area contributed by atoms with Crippen molar-refractivity contribution in [3.05, 3.63) is 94.5 Å². The predicted molar refractivity (Wildman–Crippen MR) is 164 cm³/mol. The first kappa shape index (κ1) is 28.5. The molecule has 0 bridgehead atoms. The van der Waals surface area contributed by atoms with E-state index in [0.29, 0.717) is 35.0 Å². The molecule has 0 aliphatic heterocycles. The van der Waals surface area contributed by atoms with Crippen LogP contribution in [0.3, 0.4) is 0 Å². The van der Waals surface area contributed by atoms with E-state index in [1.54, 1.807) is 0 Å². The van der Waals surface area contributed by atoms with Gasteiger partial charge in [-0.05, 0) is 109 Å². The lowest BCUT2D eigenvalue weighted by atomic mass is 9.75. The van der Waals surface area contributed by atoms with Gasteiger partial charge in [0.25, 0.3) is 0 Å². The molecule has 0 aromatic heterocycles. The third-order valence-corrected chi connectivity index (χ3v) is 9.61. The zero-order valence-corrected chi connectivity index (χ0v) is 24.4. The van der Waals surface area contributed by atoms with Gasteiger partial charge < -0.3 is 9.84 Å². The number of phenols is 1. The lowest BCUT2D eigenvalue weighted by molar-refractivity contribution is 0.0732. The second-order valence-corrected chi connectivity index (χ2v) is 12.1. The number of rotatable bonds is 9. The molecular weight excluding hydrogens is 492 g/mol. The van der Waals surface area contributed by atoms with Gasteiger partial charge in [-0.2, -0.15) is 0 Å². The summed E-state index contributed by atoms with van der Waals surface area (Å²) in [7, 11) is 0. The number of hydrogen-bond acceptors (Lipinski definition) is 3. The van der Waals surface area contributed by atoms with Gasteiger partial charge in [0.15, 0.2) is 0 Å². The first-order chi connectivity index (χ1) is 19.6. The summed E-state index contributed by atoms with van der Waals surface area (Å²) in [4.78, 5) is 13.0. The van der Waals surface area contributed by atoms with Gasteiger partial charge in [-0.3, -0.25) is 0 Å². The van der Waals surface area contributed by atoms with Crippen molar-refractivity contribution in [2.45, 2.75) is 115 Å². The molecule has 2 aliphatic rings. The van der Waals surface area contributed by atoms with Gasteiger partial charge >= 0.3 is 5.97 Å². The van der Waals surface area contributed by atoms with E-state index in [2.05, 4.69) is 44.2 Å². The van der Waals surface area contributed by atoms with E-state index in [0.717, 1.165) is 37.0 Å². The summed E-state index contributed by atoms with van der Waals surface area (Å²) in [5, 5.41) is 10.8. The van der Waals surface area contributed by atoms with Gasteiger partial charge in [-0.25, -0.2) is 4.79 Å². The fourth-order valence-electron chi connectivity index (χ4n) is 7.41. The van der Waals surface area contributed by atoms with Crippen LogP contribution in [-0.2, 0) is 0 Å². The smallest absolute Gasteiger partial charge is 0.343 e. The van der Waals surface area contributed by atoms with Crippen LogP contribution in [0.15, 0.2) is 66.7 Å². The van der Waals surface area contributed by atoms with Crippen molar-refractivity contribution in [3.63, 3.8) is 0 Å². The minimum absolute atomic E-state index is 0.289. The Kier molecular flexibility index (Phi) is 9.62. The van der Waals surface area contributed by atoms with Crippen molar-refractivity contribution >= 4 is 5.97 Å². The minimum atomic E-state index is -0.289. The van der Waals surface area contributed by atoms with Gasteiger partial charge in [-0.1, -0.05) is 94.8 Å². The average molecular weight is 539 g/mol. The van der Waals surface area contributed by atoms with Crippen LogP contribution in [0.4, 0.5) is 0 Å². The third kappa shape index (κ3) is 6.45. The molecule has 40 heavy (non-hydrogen) atoms. The van der Waals surface area contributed by atoms with E-state index in [9.17, 15) is 9.90 Å². The molecule has 2 fully saturated rings. The standard InChI is InChI=1S/C37H46O3/c1-3-31(29-20-22-35(38)33(24-29)26-14-8-5-9-15-26)32(4-2)30-21-23-36(34(25-30)27-16-10-6-11-17-27)40-37(39)28-18-12-7-13-19-28/h7,12-13,18-27,31-32,38H,3-6,8-11,14-17H2,1-2H3/t31-,32-/m1/s1. The summed E-state index contributed by atoms with van der Waals surface area (Å²) in [6.45, 7) is 4.58. The lowest BCUT2D eigenvalue weighted by Crippen LogP contribution is -2.15. The van der Waals surface area contributed by atoms with Gasteiger partial charge in [0.1, 0.15) is 11.5 Å². The van der Waals surface area contributed by atoms with E-state index >= 15 is 0 Å². The topological polar surface area (TPSA) is 46.5 Å². The summed E-state index contributed by atoms with van der Waals surface area (Å²) in [5.74, 6) is 2.52. The highest BCUT2D eigenvalue weighted by Gasteiger charge is 2.28. The fraction of sp³-hybridized carbons (Fsp3) is 0.486. The van der Waals surface area contributed by atoms with Crippen LogP contribution in [0.2, 0.25) is 0 Å². The number of carbonyl (C=O) groups is 1. The SMILES string of the molecule is CC[C@H](c1ccc(O)c(C2CCCCC2)c1)[C@H](CC)c1ccc(OC(=O)c2ccccc2)c(C2CCCCC2)c1. The second kappa shape index (κ2) is 13.5. The molecule has 5 rings (SSSR count). The Labute approximate surface area is 241 Å². The second-order valence-electron chi connectivity index (χ2n) is 12.1. The van der Waals surface area contributed by atoms with Gasteiger partial charge in [0.2, 0.25) is 0 Å². The summed E-state index contributed by atoms with van der Waals surface area (Å²) in [6, 6.07) is 22.3. The summed E-state index contributed by atoms with van der Waals surface area (Å²) < 4.78 is 6.05. The molecule has 3 aromatic rings. The maximum absolute atomic E-state index is 13.0. The van der Waals surface area contributed by atoms with E-state index in [1.165, 1.54) is 68.1 Å². The van der Waals surface area contributed by atoms with Crippen LogP contribution >= 0.6 is 0 Å². The van der Waals surface area contributed by atoms with Gasteiger partial charge in [0.05, 0.1) is 5.56 Å². The molecule has 2 saturated carbocycles. The molecule has 0 spiro atoms. The molecule has 3 heteroatoms. The van der Waals surface area contributed by atoms with Crippen LogP contribution in [-0.4, -0.2) is 11.1 Å². The Morgan fingerprint density at radius 3 is 1.82 bits per heavy atom. The molecule has 1 N–H and O–H groups in total. The number of esters is 1. The normalized spacial score (nSPS) is 18.2. The summed E-state index contributed by atoms with van der Waals surface area (Å²) in [6.07, 6.45) is 14.3. The first-order valence-corrected chi connectivity index (χ1v) is 15.8. The van der Waals surface area contributed by atoms with E-state index in [1.807, 2.05) is 36.4 Å². The van der Waals surface area contributed by atoms with Crippen molar-refractivity contribution in [2.75, 3.05) is 0 Å². The number of hydrogen-bond donors (Lipinski definition) is 1. The monoisotopic (exact) mass is 538 g/mol. The number of phenolic OH excluding ortho intramolecular Hbond substituents is 1. The highest BCUT2D eigenvalue weighted by Crippen LogP contribution is 2.45. The van der Waals surface area contributed by atoms with Crippen LogP contribution in [0.25, 0.3) is 0 Å². The Hall–Kier alpha value is -3.07. The fourth-order valence-corrected chi connectivity index (χ4v) is 7.41. The van der Waals surface area contributed by atoms with Crippen molar-refractivity contribution in [2.24, 2.45) is 0 Å². The molecule has 0 heterocycles. The third-order valence-electron chi connectivity index (χ3n) is 9.61. The minimum Gasteiger partial charge on any atom is -0.508 e. The van der Waals surface area contributed by atoms with E-state index < -0.39 is 0 Å². The van der Waals surface area contributed by atoms with Crippen LogP contribution < -0.4 is 4.74 Å². The van der Waals surface area contributed by atoms with Crippen LogP contribution in [0.5, 0.6) is 11.5 Å². The highest BCUT2D eigenvalue weighted by molar-refractivity contribution is 5.91. The van der Waals surface area contributed by atoms with E-state index in [4.69, 9.17) is 4.74 Å². The molecule has 0 saturated heterocycles. The molecule has 2 atom stereocenters. The van der Waals surface area contributed by atoms with Crippen LogP contribution in [0, 0.1) is 0 Å². The Balaban J connectivity index is 1.47. The number of benzene rings is 3. The summed E-state index contributed by atoms with van der Waals surface area (Å²) in [5.41, 5.74) is 5.60. The number of carbonyl (C=O) groups excluding carboxylic acids is 1. The van der Waals surface area contributed by atoms with Crippen LogP contribution in [0.1, 0.15) is 147 Å². The van der Waals surface area contributed by atoms with Gasteiger partial charge in [-0.15, -0.1) is 0 Å². The molecule has 0 radical (unpaired) electrons. The zero-order chi connectivity index (χ0) is 27.9. The molecule has 0 amide bonds. The van der Waals surface area contributed by atoms with E-state index in [-0.39, 0.29) is 5.97 Å². The molecular formula is C37H46O3. The maximum atomic E-state index is 13.0. The lowest BCUT2D eigenvalue weighted by Gasteiger charge is -2.30. The van der Waals surface area contributed by atoms with Crippen molar-refractivity contribution < 1.29 is 14.6 Å².